The van der Waals surface area contributed by atoms with E-state index in [0.717, 1.165) is 13.1 Å². The summed E-state index contributed by atoms with van der Waals surface area (Å²) in [6.45, 7) is 5.80. The molecule has 72 valence electrons. The first-order valence-electron chi connectivity index (χ1n) is 4.67. The number of hydrogen-bond acceptors (Lipinski definition) is 2. The number of aliphatic hydroxyl groups is 1. The second-order valence-electron chi connectivity index (χ2n) is 3.79. The molecule has 12 heavy (non-hydrogen) atoms. The third-order valence-electron chi connectivity index (χ3n) is 2.55. The Balaban J connectivity index is 2.44. The molecule has 2 atom stereocenters. The molecule has 0 aromatic heterocycles. The van der Waals surface area contributed by atoms with Gasteiger partial charge < -0.3 is 10.0 Å². The van der Waals surface area contributed by atoms with Crippen LogP contribution in [-0.2, 0) is 0 Å². The van der Waals surface area contributed by atoms with Gasteiger partial charge in [-0.1, -0.05) is 0 Å². The first kappa shape index (κ1) is 9.93. The zero-order valence-electron chi connectivity index (χ0n) is 7.83. The molecule has 0 aromatic rings. The summed E-state index contributed by atoms with van der Waals surface area (Å²) in [5.41, 5.74) is 0. The second-order valence-corrected chi connectivity index (χ2v) is 3.79. The van der Waals surface area contributed by atoms with Gasteiger partial charge in [-0.15, -0.1) is 0 Å². The molecule has 2 nitrogen and oxygen atoms in total. The molecule has 1 N–H and O–H groups in total. The average Bonchev–Trinajstić information content (AvgIpc) is 2.16. The van der Waals surface area contributed by atoms with Crippen LogP contribution in [-0.4, -0.2) is 41.4 Å². The van der Waals surface area contributed by atoms with Crippen molar-refractivity contribution in [3.05, 3.63) is 0 Å². The van der Waals surface area contributed by atoms with E-state index in [0.29, 0.717) is 18.9 Å². The Hall–Kier alpha value is -0.150. The molecule has 0 spiro atoms. The minimum atomic E-state index is -1.02. The Morgan fingerprint density at radius 2 is 1.92 bits per heavy atom. The van der Waals surface area contributed by atoms with Crippen molar-refractivity contribution in [1.82, 2.24) is 4.90 Å². The van der Waals surface area contributed by atoms with Gasteiger partial charge in [-0.3, -0.25) is 0 Å². The summed E-state index contributed by atoms with van der Waals surface area (Å²) < 4.78 is 13.0. The Morgan fingerprint density at radius 1 is 1.33 bits per heavy atom. The smallest absolute Gasteiger partial charge is 0.127 e. The maximum Gasteiger partial charge on any atom is 0.127 e. The van der Waals surface area contributed by atoms with Gasteiger partial charge in [0.15, 0.2) is 0 Å². The second kappa shape index (κ2) is 4.19. The zero-order valence-corrected chi connectivity index (χ0v) is 7.83. The predicted octanol–water partition coefficient (Wildman–Crippen LogP) is 1.19. The molecule has 1 aliphatic heterocycles. The first-order valence-corrected chi connectivity index (χ1v) is 4.67. The van der Waals surface area contributed by atoms with Gasteiger partial charge >= 0.3 is 0 Å². The summed E-state index contributed by atoms with van der Waals surface area (Å²) in [6.07, 6.45) is -0.721. The zero-order chi connectivity index (χ0) is 9.14. The van der Waals surface area contributed by atoms with Crippen LogP contribution in [0, 0.1) is 0 Å². The lowest BCUT2D eigenvalue weighted by Gasteiger charge is -2.23. The molecule has 0 unspecified atom stereocenters. The molecule has 0 aliphatic carbocycles. The molecule has 0 aromatic carbocycles. The lowest BCUT2D eigenvalue weighted by atomic mass is 10.1. The van der Waals surface area contributed by atoms with Crippen LogP contribution < -0.4 is 0 Å². The Kier molecular flexibility index (Phi) is 3.47. The SMILES string of the molecule is CC(C)N1CC[C@H](O)[C@@H](F)CC1. The predicted molar refractivity (Wildman–Crippen MR) is 46.8 cm³/mol. The van der Waals surface area contributed by atoms with Gasteiger partial charge in [0, 0.05) is 19.1 Å². The number of rotatable bonds is 1. The summed E-state index contributed by atoms with van der Waals surface area (Å²) in [5.74, 6) is 0. The van der Waals surface area contributed by atoms with Crippen LogP contribution in [0.2, 0.25) is 0 Å². The Morgan fingerprint density at radius 3 is 2.50 bits per heavy atom. The van der Waals surface area contributed by atoms with E-state index in [4.69, 9.17) is 0 Å². The van der Waals surface area contributed by atoms with Crippen LogP contribution in [0.15, 0.2) is 0 Å². The van der Waals surface area contributed by atoms with Gasteiger partial charge in [0.1, 0.15) is 6.17 Å². The van der Waals surface area contributed by atoms with E-state index in [1.807, 2.05) is 0 Å². The van der Waals surface area contributed by atoms with Crippen LogP contribution in [0.4, 0.5) is 4.39 Å². The lowest BCUT2D eigenvalue weighted by molar-refractivity contribution is 0.0753. The van der Waals surface area contributed by atoms with Gasteiger partial charge in [0.2, 0.25) is 0 Å². The summed E-state index contributed by atoms with van der Waals surface area (Å²) in [6, 6.07) is 0.461. The highest BCUT2D eigenvalue weighted by Gasteiger charge is 2.24. The molecule has 0 saturated carbocycles. The number of halogens is 1. The topological polar surface area (TPSA) is 23.5 Å². The van der Waals surface area contributed by atoms with E-state index in [1.54, 1.807) is 0 Å². The number of hydrogen-bond donors (Lipinski definition) is 1. The van der Waals surface area contributed by atoms with Gasteiger partial charge in [-0.25, -0.2) is 4.39 Å². The molecule has 1 fully saturated rings. The summed E-state index contributed by atoms with van der Waals surface area (Å²) >= 11 is 0. The lowest BCUT2D eigenvalue weighted by Crippen LogP contribution is -2.31. The number of aliphatic hydroxyl groups excluding tert-OH is 1. The Bertz CT molecular complexity index is 128. The van der Waals surface area contributed by atoms with Crippen LogP contribution in [0.1, 0.15) is 26.7 Å². The third-order valence-corrected chi connectivity index (χ3v) is 2.55. The fourth-order valence-corrected chi connectivity index (χ4v) is 1.59. The van der Waals surface area contributed by atoms with E-state index in [9.17, 15) is 9.50 Å². The van der Waals surface area contributed by atoms with E-state index in [1.165, 1.54) is 0 Å². The van der Waals surface area contributed by atoms with E-state index in [-0.39, 0.29) is 0 Å². The summed E-state index contributed by atoms with van der Waals surface area (Å²) in [7, 11) is 0. The van der Waals surface area contributed by atoms with Crippen molar-refractivity contribution in [2.45, 2.75) is 45.0 Å². The van der Waals surface area contributed by atoms with Gasteiger partial charge in [-0.2, -0.15) is 0 Å². The molecule has 3 heteroatoms. The highest BCUT2D eigenvalue weighted by molar-refractivity contribution is 4.77. The fourth-order valence-electron chi connectivity index (χ4n) is 1.59. The summed E-state index contributed by atoms with van der Waals surface area (Å²) in [4.78, 5) is 2.21. The standard InChI is InChI=1S/C9H18FNO/c1-7(2)11-5-3-8(10)9(12)4-6-11/h7-9,12H,3-6H2,1-2H3/t8-,9-/m0/s1. The monoisotopic (exact) mass is 175 g/mol. The van der Waals surface area contributed by atoms with Crippen molar-refractivity contribution in [3.8, 4) is 0 Å². The fraction of sp³-hybridized carbons (Fsp3) is 1.00. The average molecular weight is 175 g/mol. The quantitative estimate of drug-likeness (QED) is 0.647. The Labute approximate surface area is 73.4 Å². The van der Waals surface area contributed by atoms with Gasteiger partial charge in [0.05, 0.1) is 6.10 Å². The van der Waals surface area contributed by atoms with E-state index >= 15 is 0 Å². The molecule has 1 heterocycles. The normalized spacial score (nSPS) is 33.8. The highest BCUT2D eigenvalue weighted by atomic mass is 19.1. The van der Waals surface area contributed by atoms with Crippen molar-refractivity contribution < 1.29 is 9.50 Å². The molecule has 0 amide bonds. The molecule has 1 aliphatic rings. The minimum absolute atomic E-state index is 0.461. The molecular formula is C9H18FNO. The largest absolute Gasteiger partial charge is 0.390 e. The van der Waals surface area contributed by atoms with E-state index < -0.39 is 12.3 Å². The number of nitrogens with zero attached hydrogens (tertiary/aromatic N) is 1. The van der Waals surface area contributed by atoms with Crippen molar-refractivity contribution in [2.75, 3.05) is 13.1 Å². The molecule has 1 saturated heterocycles. The van der Waals surface area contributed by atoms with Crippen LogP contribution in [0.3, 0.4) is 0 Å². The molecule has 1 rings (SSSR count). The maximum absolute atomic E-state index is 13.0. The van der Waals surface area contributed by atoms with Gasteiger partial charge in [-0.05, 0) is 26.7 Å². The van der Waals surface area contributed by atoms with Crippen molar-refractivity contribution in [1.29, 1.82) is 0 Å². The number of alkyl halides is 1. The van der Waals surface area contributed by atoms with Crippen LogP contribution in [0.25, 0.3) is 0 Å². The molecular weight excluding hydrogens is 157 g/mol. The van der Waals surface area contributed by atoms with Crippen molar-refractivity contribution >= 4 is 0 Å². The third kappa shape index (κ3) is 2.42. The molecule has 0 bridgehead atoms. The minimum Gasteiger partial charge on any atom is -0.390 e. The van der Waals surface area contributed by atoms with Crippen LogP contribution >= 0.6 is 0 Å². The van der Waals surface area contributed by atoms with E-state index in [2.05, 4.69) is 18.7 Å². The summed E-state index contributed by atoms with van der Waals surface area (Å²) in [5, 5.41) is 9.26. The van der Waals surface area contributed by atoms with Crippen molar-refractivity contribution in [3.63, 3.8) is 0 Å². The van der Waals surface area contributed by atoms with Crippen LogP contribution in [0.5, 0.6) is 0 Å². The maximum atomic E-state index is 13.0. The molecule has 0 radical (unpaired) electrons. The van der Waals surface area contributed by atoms with Gasteiger partial charge in [0.25, 0.3) is 0 Å². The highest BCUT2D eigenvalue weighted by Crippen LogP contribution is 2.16. The number of likely N-dealkylation sites (tertiary alicyclic amines) is 1. The van der Waals surface area contributed by atoms with Crippen molar-refractivity contribution in [2.24, 2.45) is 0 Å². The first-order chi connectivity index (χ1) is 5.61.